The lowest BCUT2D eigenvalue weighted by Crippen LogP contribution is -2.54. The van der Waals surface area contributed by atoms with E-state index in [1.165, 1.54) is 18.4 Å². The highest BCUT2D eigenvalue weighted by molar-refractivity contribution is 5.25. The van der Waals surface area contributed by atoms with Crippen LogP contribution in [-0.4, -0.2) is 10.7 Å². The van der Waals surface area contributed by atoms with Crippen LogP contribution in [0, 0.1) is 11.3 Å². The maximum atomic E-state index is 11.0. The normalized spacial score (nSPS) is 43.9. The van der Waals surface area contributed by atoms with E-state index in [0.29, 0.717) is 5.92 Å². The van der Waals surface area contributed by atoms with Crippen molar-refractivity contribution in [2.24, 2.45) is 11.3 Å². The van der Waals surface area contributed by atoms with Gasteiger partial charge in [-0.05, 0) is 56.9 Å². The molecule has 0 spiro atoms. The lowest BCUT2D eigenvalue weighted by Gasteiger charge is -2.55. The summed E-state index contributed by atoms with van der Waals surface area (Å²) in [6.07, 6.45) is 6.47. The Labute approximate surface area is 99.3 Å². The molecule has 1 N–H and O–H groups in total. The summed E-state index contributed by atoms with van der Waals surface area (Å²) < 4.78 is 0. The average molecular weight is 220 g/mol. The van der Waals surface area contributed by atoms with Gasteiger partial charge < -0.3 is 5.11 Å². The highest BCUT2D eigenvalue weighted by Crippen LogP contribution is 2.56. The van der Waals surface area contributed by atoms with Crippen LogP contribution < -0.4 is 0 Å². The molecule has 2 saturated carbocycles. The van der Waals surface area contributed by atoms with Gasteiger partial charge in [-0.1, -0.05) is 25.7 Å². The Hall–Kier alpha value is -0.560. The van der Waals surface area contributed by atoms with Gasteiger partial charge in [-0.3, -0.25) is 0 Å². The molecule has 90 valence electrons. The molecule has 0 unspecified atom stereocenters. The molecule has 1 heteroatoms. The molecule has 0 aromatic heterocycles. The van der Waals surface area contributed by atoms with Crippen molar-refractivity contribution in [3.05, 3.63) is 24.3 Å². The van der Waals surface area contributed by atoms with Gasteiger partial charge in [-0.2, -0.15) is 0 Å². The van der Waals surface area contributed by atoms with Crippen LogP contribution in [0.4, 0.5) is 0 Å². The van der Waals surface area contributed by atoms with Gasteiger partial charge in [0, 0.05) is 5.41 Å². The molecule has 0 radical (unpaired) electrons. The highest BCUT2D eigenvalue weighted by Gasteiger charge is 2.53. The van der Waals surface area contributed by atoms with E-state index in [1.807, 2.05) is 0 Å². The summed E-state index contributed by atoms with van der Waals surface area (Å²) in [5.74, 6) is 0.480. The number of aliphatic hydroxyl groups is 1. The van der Waals surface area contributed by atoms with Gasteiger partial charge >= 0.3 is 0 Å². The van der Waals surface area contributed by atoms with Crippen LogP contribution >= 0.6 is 0 Å². The summed E-state index contributed by atoms with van der Waals surface area (Å²) in [6.45, 7) is 12.5. The van der Waals surface area contributed by atoms with Crippen LogP contribution in [-0.2, 0) is 0 Å². The Balaban J connectivity index is 2.29. The fraction of sp³-hybridized carbons (Fsp3) is 0.733. The minimum atomic E-state index is -0.632. The quantitative estimate of drug-likeness (QED) is 0.666. The number of hydrogen-bond donors (Lipinski definition) is 1. The fourth-order valence-electron chi connectivity index (χ4n) is 3.63. The monoisotopic (exact) mass is 220 g/mol. The SMILES string of the molecule is C=C(C)[C@H]1CC[C@@]2(C)CCCC(=C)[C@@]2(O)C1. The molecule has 3 atom stereocenters. The molecule has 2 fully saturated rings. The third kappa shape index (κ3) is 1.57. The summed E-state index contributed by atoms with van der Waals surface area (Å²) in [7, 11) is 0. The van der Waals surface area contributed by atoms with Crippen molar-refractivity contribution >= 4 is 0 Å². The molecule has 2 rings (SSSR count). The van der Waals surface area contributed by atoms with E-state index in [1.54, 1.807) is 0 Å². The third-order valence-electron chi connectivity index (χ3n) is 5.07. The van der Waals surface area contributed by atoms with Crippen molar-refractivity contribution in [3.63, 3.8) is 0 Å². The summed E-state index contributed by atoms with van der Waals surface area (Å²) >= 11 is 0. The second-order valence-electron chi connectivity index (χ2n) is 6.16. The molecule has 0 aromatic rings. The second kappa shape index (κ2) is 3.73. The topological polar surface area (TPSA) is 20.2 Å². The van der Waals surface area contributed by atoms with E-state index in [4.69, 9.17) is 0 Å². The Bertz CT molecular complexity index is 330. The summed E-state index contributed by atoms with van der Waals surface area (Å²) in [5, 5.41) is 11.0. The molecule has 0 aliphatic heterocycles. The van der Waals surface area contributed by atoms with Gasteiger partial charge in [0.1, 0.15) is 0 Å². The summed E-state index contributed by atoms with van der Waals surface area (Å²) in [6, 6.07) is 0. The Morgan fingerprint density at radius 3 is 2.75 bits per heavy atom. The van der Waals surface area contributed by atoms with Gasteiger partial charge in [0.2, 0.25) is 0 Å². The molecule has 2 aliphatic carbocycles. The summed E-state index contributed by atoms with van der Waals surface area (Å²) in [4.78, 5) is 0. The smallest absolute Gasteiger partial charge is 0.0913 e. The zero-order valence-corrected chi connectivity index (χ0v) is 10.7. The Morgan fingerprint density at radius 2 is 2.12 bits per heavy atom. The summed E-state index contributed by atoms with van der Waals surface area (Å²) in [5.41, 5.74) is 1.71. The van der Waals surface area contributed by atoms with Crippen molar-refractivity contribution < 1.29 is 5.11 Å². The maximum Gasteiger partial charge on any atom is 0.0913 e. The van der Waals surface area contributed by atoms with Crippen molar-refractivity contribution in [1.29, 1.82) is 0 Å². The van der Waals surface area contributed by atoms with Crippen LogP contribution in [0.1, 0.15) is 52.4 Å². The lowest BCUT2D eigenvalue weighted by atomic mass is 9.53. The standard InChI is InChI=1S/C15H24O/c1-11(2)13-7-9-14(4)8-5-6-12(3)15(14,16)10-13/h13,16H,1,3,5-10H2,2,4H3/t13-,14+,15-/m0/s1. The molecule has 1 nitrogen and oxygen atoms in total. The first kappa shape index (κ1) is 11.9. The van der Waals surface area contributed by atoms with E-state index < -0.39 is 5.60 Å². The number of hydrogen-bond acceptors (Lipinski definition) is 1. The van der Waals surface area contributed by atoms with Gasteiger partial charge in [0.05, 0.1) is 5.60 Å². The van der Waals surface area contributed by atoms with Gasteiger partial charge in [0.25, 0.3) is 0 Å². The number of fused-ring (bicyclic) bond motifs is 1. The van der Waals surface area contributed by atoms with Crippen molar-refractivity contribution in [2.75, 3.05) is 0 Å². The molecule has 0 amide bonds. The van der Waals surface area contributed by atoms with Crippen molar-refractivity contribution in [1.82, 2.24) is 0 Å². The van der Waals surface area contributed by atoms with Crippen molar-refractivity contribution in [3.8, 4) is 0 Å². The molecule has 0 aromatic carbocycles. The first-order chi connectivity index (χ1) is 7.39. The van der Waals surface area contributed by atoms with Gasteiger partial charge in [-0.25, -0.2) is 0 Å². The van der Waals surface area contributed by atoms with E-state index in [2.05, 4.69) is 27.0 Å². The number of rotatable bonds is 1. The molecule has 0 bridgehead atoms. The number of allylic oxidation sites excluding steroid dienone is 1. The second-order valence-corrected chi connectivity index (χ2v) is 6.16. The molecule has 16 heavy (non-hydrogen) atoms. The third-order valence-corrected chi connectivity index (χ3v) is 5.07. The molecule has 2 aliphatic rings. The minimum absolute atomic E-state index is 0.0638. The van der Waals surface area contributed by atoms with Crippen LogP contribution in [0.25, 0.3) is 0 Å². The van der Waals surface area contributed by atoms with Gasteiger partial charge in [0.15, 0.2) is 0 Å². The molecular formula is C15H24O. The van der Waals surface area contributed by atoms with E-state index >= 15 is 0 Å². The predicted molar refractivity (Wildman–Crippen MR) is 68.2 cm³/mol. The molecular weight excluding hydrogens is 196 g/mol. The van der Waals surface area contributed by atoms with Crippen LogP contribution in [0.2, 0.25) is 0 Å². The molecule has 0 saturated heterocycles. The highest BCUT2D eigenvalue weighted by atomic mass is 16.3. The first-order valence-electron chi connectivity index (χ1n) is 6.45. The maximum absolute atomic E-state index is 11.0. The Kier molecular flexibility index (Phi) is 2.78. The van der Waals surface area contributed by atoms with Crippen LogP contribution in [0.5, 0.6) is 0 Å². The zero-order valence-electron chi connectivity index (χ0n) is 10.7. The lowest BCUT2D eigenvalue weighted by molar-refractivity contribution is -0.106. The van der Waals surface area contributed by atoms with E-state index in [-0.39, 0.29) is 5.41 Å². The van der Waals surface area contributed by atoms with Crippen molar-refractivity contribution in [2.45, 2.75) is 58.0 Å². The van der Waals surface area contributed by atoms with E-state index in [0.717, 1.165) is 31.3 Å². The first-order valence-corrected chi connectivity index (χ1v) is 6.45. The van der Waals surface area contributed by atoms with Crippen LogP contribution in [0.3, 0.4) is 0 Å². The fourth-order valence-corrected chi connectivity index (χ4v) is 3.63. The van der Waals surface area contributed by atoms with Gasteiger partial charge in [-0.15, -0.1) is 0 Å². The zero-order chi connectivity index (χ0) is 12.0. The predicted octanol–water partition coefficient (Wildman–Crippen LogP) is 3.84. The van der Waals surface area contributed by atoms with E-state index in [9.17, 15) is 5.11 Å². The Morgan fingerprint density at radius 1 is 1.44 bits per heavy atom. The molecule has 0 heterocycles. The largest absolute Gasteiger partial charge is 0.385 e. The van der Waals surface area contributed by atoms with Crippen LogP contribution in [0.15, 0.2) is 24.3 Å². The average Bonchev–Trinajstić information content (AvgIpc) is 2.20. The minimum Gasteiger partial charge on any atom is -0.385 e.